The van der Waals surface area contributed by atoms with Gasteiger partial charge in [0.25, 0.3) is 6.73 Å². The molecule has 1 heterocycles. The summed E-state index contributed by atoms with van der Waals surface area (Å²) in [6.07, 6.45) is 14.8. The molecule has 0 saturated carbocycles. The molecule has 0 fully saturated rings. The van der Waals surface area contributed by atoms with Gasteiger partial charge in [-0.05, 0) is 25.3 Å². The minimum Gasteiger partial charge on any atom is -0.323 e. The fourth-order valence-electron chi connectivity index (χ4n) is 2.50. The van der Waals surface area contributed by atoms with Crippen LogP contribution in [0.5, 0.6) is 0 Å². The van der Waals surface area contributed by atoms with Crippen LogP contribution in [0.15, 0.2) is 18.5 Å². The number of nitrogens with zero attached hydrogens (tertiary/aromatic N) is 1. The van der Waals surface area contributed by atoms with Gasteiger partial charge in [0, 0.05) is 11.6 Å². The Bertz CT molecular complexity index is 362. The van der Waals surface area contributed by atoms with E-state index in [1.165, 1.54) is 56.1 Å². The van der Waals surface area contributed by atoms with Crippen LogP contribution in [-0.4, -0.2) is 6.61 Å². The van der Waals surface area contributed by atoms with Crippen LogP contribution in [0.3, 0.4) is 0 Å². The van der Waals surface area contributed by atoms with Crippen LogP contribution < -0.4 is 4.57 Å². The zero-order valence-corrected chi connectivity index (χ0v) is 13.7. The van der Waals surface area contributed by atoms with E-state index in [4.69, 9.17) is 4.74 Å². The lowest BCUT2D eigenvalue weighted by atomic mass is 10.1. The van der Waals surface area contributed by atoms with E-state index in [2.05, 4.69) is 43.8 Å². The average Bonchev–Trinajstić information content (AvgIpc) is 2.46. The van der Waals surface area contributed by atoms with Crippen molar-refractivity contribution in [1.29, 1.82) is 0 Å². The van der Waals surface area contributed by atoms with E-state index in [1.54, 1.807) is 0 Å². The molecular weight excluding hydrogens is 246 g/mol. The highest BCUT2D eigenvalue weighted by Gasteiger charge is 2.04. The number of ether oxygens (including phenoxy) is 1. The second-order valence-corrected chi connectivity index (χ2v) is 5.68. The number of rotatable bonds is 11. The SMILES string of the molecule is CCCCCCCCCOC[n+]1ccc(CC)c(C)c1. The maximum atomic E-state index is 5.74. The molecule has 2 nitrogen and oxygen atoms in total. The van der Waals surface area contributed by atoms with E-state index in [0.29, 0.717) is 6.73 Å². The monoisotopic (exact) mass is 278 g/mol. The smallest absolute Gasteiger partial charge is 0.252 e. The second-order valence-electron chi connectivity index (χ2n) is 5.68. The summed E-state index contributed by atoms with van der Waals surface area (Å²) in [5.41, 5.74) is 2.78. The lowest BCUT2D eigenvalue weighted by molar-refractivity contribution is -0.733. The molecule has 20 heavy (non-hydrogen) atoms. The Labute approximate surface area is 125 Å². The zero-order chi connectivity index (χ0) is 14.6. The highest BCUT2D eigenvalue weighted by Crippen LogP contribution is 2.07. The Morgan fingerprint density at radius 1 is 1.00 bits per heavy atom. The molecule has 0 radical (unpaired) electrons. The van der Waals surface area contributed by atoms with Crippen molar-refractivity contribution in [3.05, 3.63) is 29.6 Å². The molecule has 0 spiro atoms. The van der Waals surface area contributed by atoms with E-state index >= 15 is 0 Å². The fourth-order valence-corrected chi connectivity index (χ4v) is 2.50. The lowest BCUT2D eigenvalue weighted by Gasteiger charge is -2.04. The molecule has 1 aromatic heterocycles. The van der Waals surface area contributed by atoms with Crippen molar-refractivity contribution >= 4 is 0 Å². The predicted octanol–water partition coefficient (Wildman–Crippen LogP) is 4.57. The number of aromatic nitrogens is 1. The third-order valence-electron chi connectivity index (χ3n) is 3.85. The van der Waals surface area contributed by atoms with Gasteiger partial charge in [0.2, 0.25) is 0 Å². The number of hydrogen-bond donors (Lipinski definition) is 0. The first-order valence-corrected chi connectivity index (χ1v) is 8.34. The van der Waals surface area contributed by atoms with Gasteiger partial charge in [-0.3, -0.25) is 0 Å². The largest absolute Gasteiger partial charge is 0.323 e. The molecule has 0 saturated heterocycles. The zero-order valence-electron chi connectivity index (χ0n) is 13.7. The number of unbranched alkanes of at least 4 members (excludes halogenated alkanes) is 6. The first-order chi connectivity index (χ1) is 9.77. The molecule has 0 atom stereocenters. The van der Waals surface area contributed by atoms with Crippen molar-refractivity contribution in [2.24, 2.45) is 0 Å². The van der Waals surface area contributed by atoms with Crippen molar-refractivity contribution in [2.45, 2.75) is 78.9 Å². The van der Waals surface area contributed by atoms with E-state index in [1.807, 2.05) is 0 Å². The van der Waals surface area contributed by atoms with Crippen molar-refractivity contribution < 1.29 is 9.30 Å². The molecule has 0 N–H and O–H groups in total. The Hall–Kier alpha value is -0.890. The molecule has 0 bridgehead atoms. The van der Waals surface area contributed by atoms with Gasteiger partial charge in [0.05, 0.1) is 6.61 Å². The van der Waals surface area contributed by atoms with Gasteiger partial charge < -0.3 is 4.74 Å². The van der Waals surface area contributed by atoms with Gasteiger partial charge in [-0.15, -0.1) is 0 Å². The standard InChI is InChI=1S/C18H32NO/c1-4-6-7-8-9-10-11-14-20-16-19-13-12-18(5-2)17(3)15-19/h12-13,15H,4-11,14,16H2,1-3H3/q+1. The Kier molecular flexibility index (Phi) is 9.31. The molecule has 2 heteroatoms. The van der Waals surface area contributed by atoms with Crippen molar-refractivity contribution in [3.63, 3.8) is 0 Å². The van der Waals surface area contributed by atoms with E-state index < -0.39 is 0 Å². The van der Waals surface area contributed by atoms with Crippen LogP contribution in [-0.2, 0) is 17.9 Å². The van der Waals surface area contributed by atoms with Crippen LogP contribution in [0, 0.1) is 6.92 Å². The van der Waals surface area contributed by atoms with Crippen molar-refractivity contribution in [1.82, 2.24) is 0 Å². The normalized spacial score (nSPS) is 10.9. The summed E-state index contributed by atoms with van der Waals surface area (Å²) in [6, 6.07) is 2.20. The second kappa shape index (κ2) is 10.8. The van der Waals surface area contributed by atoms with Gasteiger partial charge >= 0.3 is 0 Å². The van der Waals surface area contributed by atoms with Crippen LogP contribution in [0.2, 0.25) is 0 Å². The van der Waals surface area contributed by atoms with Crippen LogP contribution in [0.25, 0.3) is 0 Å². The minimum absolute atomic E-state index is 0.681. The van der Waals surface area contributed by atoms with E-state index in [0.717, 1.165) is 13.0 Å². The third-order valence-corrected chi connectivity index (χ3v) is 3.85. The van der Waals surface area contributed by atoms with Crippen LogP contribution >= 0.6 is 0 Å². The van der Waals surface area contributed by atoms with Crippen molar-refractivity contribution in [3.8, 4) is 0 Å². The van der Waals surface area contributed by atoms with Gasteiger partial charge in [-0.25, -0.2) is 0 Å². The van der Waals surface area contributed by atoms with Gasteiger partial charge in [-0.2, -0.15) is 4.57 Å². The van der Waals surface area contributed by atoms with Crippen LogP contribution in [0.1, 0.15) is 69.9 Å². The molecule has 0 aliphatic carbocycles. The number of hydrogen-bond acceptors (Lipinski definition) is 1. The maximum absolute atomic E-state index is 5.74. The molecule has 0 amide bonds. The molecule has 1 rings (SSSR count). The maximum Gasteiger partial charge on any atom is 0.252 e. The summed E-state index contributed by atoms with van der Waals surface area (Å²) in [5.74, 6) is 0. The Balaban J connectivity index is 2.05. The summed E-state index contributed by atoms with van der Waals surface area (Å²) in [4.78, 5) is 0. The Morgan fingerprint density at radius 2 is 1.70 bits per heavy atom. The molecule has 0 aromatic carbocycles. The molecule has 0 aliphatic heterocycles. The van der Waals surface area contributed by atoms with E-state index in [9.17, 15) is 0 Å². The average molecular weight is 278 g/mol. The number of aryl methyl sites for hydroxylation is 2. The van der Waals surface area contributed by atoms with Crippen LogP contribution in [0.4, 0.5) is 0 Å². The van der Waals surface area contributed by atoms with Gasteiger partial charge in [0.1, 0.15) is 0 Å². The topological polar surface area (TPSA) is 13.1 Å². The van der Waals surface area contributed by atoms with E-state index in [-0.39, 0.29) is 0 Å². The minimum atomic E-state index is 0.681. The predicted molar refractivity (Wildman–Crippen MR) is 84.7 cm³/mol. The summed E-state index contributed by atoms with van der Waals surface area (Å²) in [5, 5.41) is 0. The summed E-state index contributed by atoms with van der Waals surface area (Å²) in [7, 11) is 0. The molecule has 0 aliphatic rings. The molecular formula is C18H32NO+. The van der Waals surface area contributed by atoms with Crippen molar-refractivity contribution in [2.75, 3.05) is 6.61 Å². The number of pyridine rings is 1. The fraction of sp³-hybridized carbons (Fsp3) is 0.722. The molecule has 0 unspecified atom stereocenters. The third kappa shape index (κ3) is 7.04. The summed E-state index contributed by atoms with van der Waals surface area (Å²) < 4.78 is 7.87. The highest BCUT2D eigenvalue weighted by molar-refractivity contribution is 5.18. The lowest BCUT2D eigenvalue weighted by Crippen LogP contribution is -2.35. The quantitative estimate of drug-likeness (QED) is 0.427. The summed E-state index contributed by atoms with van der Waals surface area (Å²) >= 11 is 0. The highest BCUT2D eigenvalue weighted by atomic mass is 16.5. The first-order valence-electron chi connectivity index (χ1n) is 8.34. The van der Waals surface area contributed by atoms with Gasteiger partial charge in [-0.1, -0.05) is 52.4 Å². The molecule has 1 aromatic rings. The Morgan fingerprint density at radius 3 is 2.35 bits per heavy atom. The van der Waals surface area contributed by atoms with Gasteiger partial charge in [0.15, 0.2) is 12.4 Å². The summed E-state index contributed by atoms with van der Waals surface area (Å²) in [6.45, 7) is 8.20. The molecule has 114 valence electrons. The first kappa shape index (κ1) is 17.2.